The Balaban J connectivity index is 1.32. The van der Waals surface area contributed by atoms with E-state index in [1.54, 1.807) is 12.1 Å². The number of carbonyl (C=O) groups is 1. The lowest BCUT2D eigenvalue weighted by Gasteiger charge is -2.26. The van der Waals surface area contributed by atoms with E-state index >= 15 is 0 Å². The van der Waals surface area contributed by atoms with Gasteiger partial charge < -0.3 is 20.2 Å². The molecule has 0 spiro atoms. The first-order valence-corrected chi connectivity index (χ1v) is 8.61. The van der Waals surface area contributed by atoms with Crippen LogP contribution >= 0.6 is 11.3 Å². The number of hydrogen-bond acceptors (Lipinski definition) is 5. The summed E-state index contributed by atoms with van der Waals surface area (Å²) < 4.78 is 5.08. The van der Waals surface area contributed by atoms with Gasteiger partial charge in [0.05, 0.1) is 12.8 Å². The van der Waals surface area contributed by atoms with Crippen molar-refractivity contribution >= 4 is 17.4 Å². The molecular formula is C16H21N3O3S. The van der Waals surface area contributed by atoms with E-state index in [0.29, 0.717) is 12.3 Å². The van der Waals surface area contributed by atoms with Crippen LogP contribution in [0.1, 0.15) is 22.3 Å². The minimum Gasteiger partial charge on any atom is -0.467 e. The van der Waals surface area contributed by atoms with Crippen molar-refractivity contribution in [2.45, 2.75) is 19.1 Å². The molecule has 7 heteroatoms. The average molecular weight is 335 g/mol. The lowest BCUT2D eigenvalue weighted by atomic mass is 10.1. The van der Waals surface area contributed by atoms with Gasteiger partial charge in [0.1, 0.15) is 11.9 Å². The highest BCUT2D eigenvalue weighted by molar-refractivity contribution is 7.10. The number of carbonyl (C=O) groups excluding carboxylic acids is 1. The summed E-state index contributed by atoms with van der Waals surface area (Å²) in [5.41, 5.74) is 1.41. The summed E-state index contributed by atoms with van der Waals surface area (Å²) in [7, 11) is 0. The summed E-state index contributed by atoms with van der Waals surface area (Å²) in [5.74, 6) is 0.449. The Morgan fingerprint density at radius 2 is 2.35 bits per heavy atom. The third-order valence-electron chi connectivity index (χ3n) is 3.93. The summed E-state index contributed by atoms with van der Waals surface area (Å²) in [6.45, 7) is 3.53. The summed E-state index contributed by atoms with van der Waals surface area (Å²) >= 11 is 1.83. The summed E-state index contributed by atoms with van der Waals surface area (Å²) in [6.07, 6.45) is 1.76. The molecule has 2 aromatic rings. The fraction of sp³-hybridized carbons (Fsp3) is 0.438. The molecule has 0 aliphatic carbocycles. The van der Waals surface area contributed by atoms with Gasteiger partial charge in [0, 0.05) is 31.1 Å². The second-order valence-electron chi connectivity index (χ2n) is 5.56. The minimum atomic E-state index is -0.824. The van der Waals surface area contributed by atoms with E-state index in [9.17, 15) is 9.90 Å². The van der Waals surface area contributed by atoms with Gasteiger partial charge in [-0.05, 0) is 35.6 Å². The van der Waals surface area contributed by atoms with Crippen molar-refractivity contribution in [1.82, 2.24) is 15.5 Å². The molecule has 124 valence electrons. The fourth-order valence-electron chi connectivity index (χ4n) is 2.66. The van der Waals surface area contributed by atoms with E-state index in [1.807, 2.05) is 11.3 Å². The van der Waals surface area contributed by atoms with Gasteiger partial charge in [0.15, 0.2) is 0 Å². The van der Waals surface area contributed by atoms with Crippen molar-refractivity contribution in [1.29, 1.82) is 0 Å². The predicted octanol–water partition coefficient (Wildman–Crippen LogP) is 1.73. The first-order chi connectivity index (χ1) is 11.2. The average Bonchev–Trinajstić information content (AvgIpc) is 3.23. The van der Waals surface area contributed by atoms with Crippen LogP contribution in [0, 0.1) is 0 Å². The van der Waals surface area contributed by atoms with Gasteiger partial charge in [-0.1, -0.05) is 0 Å². The van der Waals surface area contributed by atoms with Crippen LogP contribution in [0.4, 0.5) is 4.79 Å². The highest BCUT2D eigenvalue weighted by atomic mass is 32.1. The molecule has 1 aliphatic heterocycles. The van der Waals surface area contributed by atoms with E-state index in [1.165, 1.54) is 16.7 Å². The highest BCUT2D eigenvalue weighted by Gasteiger charge is 2.17. The summed E-state index contributed by atoms with van der Waals surface area (Å²) in [5, 5.41) is 17.4. The molecule has 0 fully saturated rings. The number of thiophene rings is 1. The zero-order chi connectivity index (χ0) is 16.1. The van der Waals surface area contributed by atoms with Crippen LogP contribution in [-0.2, 0) is 13.0 Å². The Labute approximate surface area is 139 Å². The number of hydrogen-bond donors (Lipinski definition) is 3. The molecule has 1 unspecified atom stereocenters. The second-order valence-corrected chi connectivity index (χ2v) is 6.56. The lowest BCUT2D eigenvalue weighted by Crippen LogP contribution is -2.42. The third kappa shape index (κ3) is 4.34. The lowest BCUT2D eigenvalue weighted by molar-refractivity contribution is 0.147. The van der Waals surface area contributed by atoms with E-state index in [0.717, 1.165) is 26.1 Å². The van der Waals surface area contributed by atoms with E-state index in [4.69, 9.17) is 4.42 Å². The molecule has 0 aromatic carbocycles. The third-order valence-corrected chi connectivity index (χ3v) is 4.95. The summed E-state index contributed by atoms with van der Waals surface area (Å²) in [4.78, 5) is 15.6. The Hall–Kier alpha value is -1.83. The molecule has 23 heavy (non-hydrogen) atoms. The molecule has 6 nitrogen and oxygen atoms in total. The van der Waals surface area contributed by atoms with Crippen molar-refractivity contribution in [3.8, 4) is 0 Å². The van der Waals surface area contributed by atoms with Gasteiger partial charge in [-0.3, -0.25) is 4.90 Å². The van der Waals surface area contributed by atoms with Crippen LogP contribution in [0.2, 0.25) is 0 Å². The van der Waals surface area contributed by atoms with E-state index < -0.39 is 6.10 Å². The molecule has 0 radical (unpaired) electrons. The normalized spacial score (nSPS) is 15.9. The van der Waals surface area contributed by atoms with Crippen molar-refractivity contribution < 1.29 is 14.3 Å². The van der Waals surface area contributed by atoms with Crippen LogP contribution in [0.15, 0.2) is 34.3 Å². The Bertz CT molecular complexity index is 626. The minimum absolute atomic E-state index is 0.126. The SMILES string of the molecule is O=C(NCCN1CCc2sccc2C1)NCC(O)c1ccco1. The van der Waals surface area contributed by atoms with Crippen LogP contribution in [0.5, 0.6) is 0 Å². The molecule has 0 saturated carbocycles. The molecule has 3 heterocycles. The number of aliphatic hydroxyl groups is 1. The first kappa shape index (κ1) is 16.0. The topological polar surface area (TPSA) is 77.7 Å². The number of rotatable bonds is 6. The molecular weight excluding hydrogens is 314 g/mol. The number of nitrogens with zero attached hydrogens (tertiary/aromatic N) is 1. The molecule has 1 atom stereocenters. The van der Waals surface area contributed by atoms with Crippen molar-refractivity contribution in [2.75, 3.05) is 26.2 Å². The molecule has 0 bridgehead atoms. The molecule has 2 amide bonds. The van der Waals surface area contributed by atoms with Crippen molar-refractivity contribution in [2.24, 2.45) is 0 Å². The largest absolute Gasteiger partial charge is 0.467 e. The quantitative estimate of drug-likeness (QED) is 0.751. The van der Waals surface area contributed by atoms with Gasteiger partial charge in [0.2, 0.25) is 0 Å². The summed E-state index contributed by atoms with van der Waals surface area (Å²) in [6, 6.07) is 5.29. The smallest absolute Gasteiger partial charge is 0.314 e. The molecule has 2 aromatic heterocycles. The van der Waals surface area contributed by atoms with Crippen molar-refractivity contribution in [3.05, 3.63) is 46.0 Å². The standard InChI is InChI=1S/C16H21N3O3S/c20-13(14-2-1-8-22-14)10-18-16(21)17-5-7-19-6-3-15-12(11-19)4-9-23-15/h1-2,4,8-9,13,20H,3,5-7,10-11H2,(H2,17,18,21). The predicted molar refractivity (Wildman–Crippen MR) is 88.4 cm³/mol. The molecule has 3 N–H and O–H groups in total. The first-order valence-electron chi connectivity index (χ1n) is 7.73. The van der Waals surface area contributed by atoms with Gasteiger partial charge in [-0.15, -0.1) is 11.3 Å². The maximum Gasteiger partial charge on any atom is 0.314 e. The zero-order valence-electron chi connectivity index (χ0n) is 12.8. The molecule has 0 saturated heterocycles. The van der Waals surface area contributed by atoms with Gasteiger partial charge >= 0.3 is 6.03 Å². The molecule has 3 rings (SSSR count). The van der Waals surface area contributed by atoms with Crippen LogP contribution in [0.25, 0.3) is 0 Å². The number of amides is 2. The number of urea groups is 1. The van der Waals surface area contributed by atoms with Crippen LogP contribution in [-0.4, -0.2) is 42.2 Å². The molecule has 1 aliphatic rings. The highest BCUT2D eigenvalue weighted by Crippen LogP contribution is 2.23. The van der Waals surface area contributed by atoms with E-state index in [-0.39, 0.29) is 12.6 Å². The van der Waals surface area contributed by atoms with Crippen molar-refractivity contribution in [3.63, 3.8) is 0 Å². The van der Waals surface area contributed by atoms with Gasteiger partial charge in [-0.2, -0.15) is 0 Å². The number of nitrogens with one attached hydrogen (secondary N) is 2. The zero-order valence-corrected chi connectivity index (χ0v) is 13.6. The number of furan rings is 1. The maximum atomic E-state index is 11.7. The monoisotopic (exact) mass is 335 g/mol. The van der Waals surface area contributed by atoms with Gasteiger partial charge in [0.25, 0.3) is 0 Å². The maximum absolute atomic E-state index is 11.7. The Morgan fingerprint density at radius 1 is 1.43 bits per heavy atom. The van der Waals surface area contributed by atoms with Crippen LogP contribution in [0.3, 0.4) is 0 Å². The fourth-order valence-corrected chi connectivity index (χ4v) is 3.55. The number of aliphatic hydroxyl groups excluding tert-OH is 1. The Kier molecular flexibility index (Phi) is 5.32. The van der Waals surface area contributed by atoms with Gasteiger partial charge in [-0.25, -0.2) is 4.79 Å². The van der Waals surface area contributed by atoms with E-state index in [2.05, 4.69) is 27.0 Å². The number of fused-ring (bicyclic) bond motifs is 1. The van der Waals surface area contributed by atoms with Crippen LogP contribution < -0.4 is 10.6 Å². The second kappa shape index (κ2) is 7.63. The Morgan fingerprint density at radius 3 is 3.17 bits per heavy atom.